The van der Waals surface area contributed by atoms with Crippen molar-refractivity contribution in [3.63, 3.8) is 0 Å². The Morgan fingerprint density at radius 2 is 1.94 bits per heavy atom. The van der Waals surface area contributed by atoms with Gasteiger partial charge in [0.1, 0.15) is 0 Å². The molecular weight excluding hydrogens is 216 g/mol. The smallest absolute Gasteiger partial charge is 0.248 e. The lowest BCUT2D eigenvalue weighted by atomic mass is 9.89. The van der Waals surface area contributed by atoms with Gasteiger partial charge in [0.15, 0.2) is 0 Å². The molecule has 1 rings (SSSR count). The zero-order valence-corrected chi connectivity index (χ0v) is 9.72. The third-order valence-corrected chi connectivity index (χ3v) is 3.06. The number of carbonyl (C=O) groups is 1. The van der Waals surface area contributed by atoms with Crippen molar-refractivity contribution in [2.24, 2.45) is 5.41 Å². The lowest BCUT2D eigenvalue weighted by molar-refractivity contribution is -0.133. The number of hydrogen-bond donors (Lipinski definition) is 2. The Morgan fingerprint density at radius 3 is 2.38 bits per heavy atom. The molecule has 1 aliphatic rings. The molecule has 16 heavy (non-hydrogen) atoms. The average molecular weight is 235 g/mol. The quantitative estimate of drug-likeness (QED) is 0.782. The van der Waals surface area contributed by atoms with Gasteiger partial charge < -0.3 is 10.4 Å². The van der Waals surface area contributed by atoms with Crippen LogP contribution in [0.1, 0.15) is 39.5 Å². The summed E-state index contributed by atoms with van der Waals surface area (Å²) in [7, 11) is 0. The first kappa shape index (κ1) is 13.4. The van der Waals surface area contributed by atoms with Crippen LogP contribution < -0.4 is 5.32 Å². The Kier molecular flexibility index (Phi) is 3.88. The molecule has 1 fully saturated rings. The number of aliphatic hydroxyl groups excluding tert-OH is 1. The summed E-state index contributed by atoms with van der Waals surface area (Å²) in [6.07, 6.45) is 0.273. The van der Waals surface area contributed by atoms with E-state index in [1.807, 2.05) is 0 Å². The fraction of sp³-hybridized carbons (Fsp3) is 0.909. The molecule has 0 aromatic carbocycles. The molecule has 2 N–H and O–H groups in total. The van der Waals surface area contributed by atoms with Crippen LogP contribution in [0.15, 0.2) is 0 Å². The first-order valence-electron chi connectivity index (χ1n) is 5.56. The predicted octanol–water partition coefficient (Wildman–Crippen LogP) is 1.70. The molecule has 1 aliphatic carbocycles. The highest BCUT2D eigenvalue weighted by Crippen LogP contribution is 2.33. The second-order valence-corrected chi connectivity index (χ2v) is 5.15. The average Bonchev–Trinajstić information content (AvgIpc) is 2.21. The number of carbonyl (C=O) groups excluding carboxylic acids is 1. The summed E-state index contributed by atoms with van der Waals surface area (Å²) in [4.78, 5) is 11.7. The molecule has 0 aromatic rings. The van der Waals surface area contributed by atoms with Gasteiger partial charge in [-0.3, -0.25) is 4.79 Å². The van der Waals surface area contributed by atoms with Crippen LogP contribution in [0, 0.1) is 5.41 Å². The van der Waals surface area contributed by atoms with E-state index in [1.54, 1.807) is 13.8 Å². The zero-order valence-electron chi connectivity index (χ0n) is 9.72. The Labute approximate surface area is 94.2 Å². The van der Waals surface area contributed by atoms with E-state index in [9.17, 15) is 13.6 Å². The molecule has 0 unspecified atom stereocenters. The van der Waals surface area contributed by atoms with Crippen LogP contribution in [0.5, 0.6) is 0 Å². The molecule has 94 valence electrons. The Morgan fingerprint density at radius 1 is 1.44 bits per heavy atom. The monoisotopic (exact) mass is 235 g/mol. The standard InChI is InChI=1S/C11H19F2NO2/c1-10(2,7-15)9(16)14-8-3-5-11(12,13)6-4-8/h8,15H,3-7H2,1-2H3,(H,14,16). The Balaban J connectivity index is 2.43. The van der Waals surface area contributed by atoms with Crippen LogP contribution in [-0.4, -0.2) is 29.6 Å². The lowest BCUT2D eigenvalue weighted by Gasteiger charge is -2.31. The highest BCUT2D eigenvalue weighted by molar-refractivity contribution is 5.82. The molecule has 5 heteroatoms. The summed E-state index contributed by atoms with van der Waals surface area (Å²) in [5.74, 6) is -2.85. The van der Waals surface area contributed by atoms with Crippen molar-refractivity contribution in [2.45, 2.75) is 51.5 Å². The molecule has 0 radical (unpaired) electrons. The molecule has 0 spiro atoms. The van der Waals surface area contributed by atoms with Gasteiger partial charge in [-0.15, -0.1) is 0 Å². The Hall–Kier alpha value is -0.710. The summed E-state index contributed by atoms with van der Waals surface area (Å²) >= 11 is 0. The van der Waals surface area contributed by atoms with Gasteiger partial charge in [-0.1, -0.05) is 0 Å². The second kappa shape index (κ2) is 4.65. The van der Waals surface area contributed by atoms with Gasteiger partial charge in [0, 0.05) is 18.9 Å². The summed E-state index contributed by atoms with van der Waals surface area (Å²) < 4.78 is 25.7. The minimum Gasteiger partial charge on any atom is -0.395 e. The molecular formula is C11H19F2NO2. The number of aliphatic hydroxyl groups is 1. The van der Waals surface area contributed by atoms with E-state index in [-0.39, 0.29) is 31.4 Å². The number of nitrogens with one attached hydrogen (secondary N) is 1. The van der Waals surface area contributed by atoms with E-state index in [0.29, 0.717) is 12.8 Å². The van der Waals surface area contributed by atoms with Crippen molar-refractivity contribution in [3.8, 4) is 0 Å². The fourth-order valence-corrected chi connectivity index (χ4v) is 1.64. The fourth-order valence-electron chi connectivity index (χ4n) is 1.64. The maximum atomic E-state index is 12.9. The van der Waals surface area contributed by atoms with Gasteiger partial charge in [0.2, 0.25) is 11.8 Å². The van der Waals surface area contributed by atoms with Crippen molar-refractivity contribution in [1.82, 2.24) is 5.32 Å². The van der Waals surface area contributed by atoms with E-state index < -0.39 is 11.3 Å². The summed E-state index contributed by atoms with van der Waals surface area (Å²) in [6.45, 7) is 3.00. The van der Waals surface area contributed by atoms with Gasteiger partial charge in [-0.05, 0) is 26.7 Å². The van der Waals surface area contributed by atoms with Crippen LogP contribution in [-0.2, 0) is 4.79 Å². The zero-order chi connectivity index (χ0) is 12.4. The van der Waals surface area contributed by atoms with Crippen LogP contribution >= 0.6 is 0 Å². The minimum atomic E-state index is -2.58. The van der Waals surface area contributed by atoms with E-state index in [1.165, 1.54) is 0 Å². The summed E-state index contributed by atoms with van der Waals surface area (Å²) in [5, 5.41) is 11.7. The highest BCUT2D eigenvalue weighted by Gasteiger charge is 2.36. The van der Waals surface area contributed by atoms with Crippen LogP contribution in [0.4, 0.5) is 8.78 Å². The topological polar surface area (TPSA) is 49.3 Å². The molecule has 0 aromatic heterocycles. The number of alkyl halides is 2. The largest absolute Gasteiger partial charge is 0.395 e. The molecule has 0 saturated heterocycles. The second-order valence-electron chi connectivity index (χ2n) is 5.15. The van der Waals surface area contributed by atoms with Gasteiger partial charge in [-0.2, -0.15) is 0 Å². The molecule has 0 heterocycles. The lowest BCUT2D eigenvalue weighted by Crippen LogP contribution is -2.46. The summed E-state index contributed by atoms with van der Waals surface area (Å²) in [6, 6.07) is -0.182. The van der Waals surface area contributed by atoms with Gasteiger partial charge in [0.25, 0.3) is 0 Å². The first-order chi connectivity index (χ1) is 7.27. The SMILES string of the molecule is CC(C)(CO)C(=O)NC1CCC(F)(F)CC1. The molecule has 3 nitrogen and oxygen atoms in total. The van der Waals surface area contributed by atoms with Crippen molar-refractivity contribution in [1.29, 1.82) is 0 Å². The van der Waals surface area contributed by atoms with Gasteiger partial charge in [0.05, 0.1) is 12.0 Å². The van der Waals surface area contributed by atoms with Crippen LogP contribution in [0.2, 0.25) is 0 Å². The Bertz CT molecular complexity index is 257. The van der Waals surface area contributed by atoms with Gasteiger partial charge in [-0.25, -0.2) is 8.78 Å². The molecule has 1 saturated carbocycles. The van der Waals surface area contributed by atoms with Gasteiger partial charge >= 0.3 is 0 Å². The molecule has 0 atom stereocenters. The predicted molar refractivity (Wildman–Crippen MR) is 56.2 cm³/mol. The summed E-state index contributed by atoms with van der Waals surface area (Å²) in [5.41, 5.74) is -0.847. The maximum Gasteiger partial charge on any atom is 0.248 e. The number of hydrogen-bond acceptors (Lipinski definition) is 2. The van der Waals surface area contributed by atoms with Crippen LogP contribution in [0.3, 0.4) is 0 Å². The van der Waals surface area contributed by atoms with Crippen molar-refractivity contribution >= 4 is 5.91 Å². The van der Waals surface area contributed by atoms with Crippen molar-refractivity contribution in [3.05, 3.63) is 0 Å². The first-order valence-corrected chi connectivity index (χ1v) is 5.56. The normalized spacial score (nSPS) is 21.8. The molecule has 0 bridgehead atoms. The van der Waals surface area contributed by atoms with E-state index in [2.05, 4.69) is 5.32 Å². The minimum absolute atomic E-state index is 0.169. The highest BCUT2D eigenvalue weighted by atomic mass is 19.3. The van der Waals surface area contributed by atoms with E-state index >= 15 is 0 Å². The third-order valence-electron chi connectivity index (χ3n) is 3.06. The number of rotatable bonds is 3. The van der Waals surface area contributed by atoms with Crippen molar-refractivity contribution < 1.29 is 18.7 Å². The van der Waals surface area contributed by atoms with Crippen molar-refractivity contribution in [2.75, 3.05) is 6.61 Å². The number of halogens is 2. The molecule has 1 amide bonds. The van der Waals surface area contributed by atoms with E-state index in [0.717, 1.165) is 0 Å². The number of amides is 1. The van der Waals surface area contributed by atoms with E-state index in [4.69, 9.17) is 5.11 Å². The third kappa shape index (κ3) is 3.40. The maximum absolute atomic E-state index is 12.9. The molecule has 0 aliphatic heterocycles. The van der Waals surface area contributed by atoms with Crippen LogP contribution in [0.25, 0.3) is 0 Å².